The van der Waals surface area contributed by atoms with E-state index < -0.39 is 5.97 Å². The average Bonchev–Trinajstić information content (AvgIpc) is 3.33. The molecule has 29 heavy (non-hydrogen) atoms. The van der Waals surface area contributed by atoms with Crippen molar-refractivity contribution in [2.24, 2.45) is 0 Å². The van der Waals surface area contributed by atoms with Gasteiger partial charge in [-0.2, -0.15) is 0 Å². The van der Waals surface area contributed by atoms with Crippen molar-refractivity contribution < 1.29 is 14.7 Å². The lowest BCUT2D eigenvalue weighted by Gasteiger charge is -2.26. The number of carboxylic acids is 1. The van der Waals surface area contributed by atoms with Crippen molar-refractivity contribution in [2.45, 2.75) is 49.4 Å². The first-order chi connectivity index (χ1) is 14.0. The number of carboxylic acid groups (broad SMARTS) is 1. The van der Waals surface area contributed by atoms with E-state index in [1.165, 1.54) is 28.7 Å². The Labute approximate surface area is 179 Å². The molecule has 8 heteroatoms. The van der Waals surface area contributed by atoms with Gasteiger partial charge in [0.25, 0.3) is 0 Å². The predicted octanol–water partition coefficient (Wildman–Crippen LogP) is 4.55. The number of para-hydroxylation sites is 1. The zero-order valence-electron chi connectivity index (χ0n) is 16.8. The number of anilines is 1. The Morgan fingerprint density at radius 1 is 1.45 bits per heavy atom. The zero-order valence-corrected chi connectivity index (χ0v) is 18.4. The van der Waals surface area contributed by atoms with Crippen molar-refractivity contribution in [3.05, 3.63) is 40.9 Å². The van der Waals surface area contributed by atoms with E-state index in [0.717, 1.165) is 29.4 Å². The Bertz CT molecular complexity index is 855. The number of aromatic nitrogens is 1. The minimum atomic E-state index is -1.01. The van der Waals surface area contributed by atoms with Gasteiger partial charge >= 0.3 is 5.97 Å². The van der Waals surface area contributed by atoms with E-state index in [1.807, 2.05) is 11.0 Å². The van der Waals surface area contributed by atoms with Gasteiger partial charge in [0, 0.05) is 42.4 Å². The summed E-state index contributed by atoms with van der Waals surface area (Å²) in [6.45, 7) is 5.81. The fraction of sp³-hybridized carbons (Fsp3) is 0.476. The van der Waals surface area contributed by atoms with Crippen LogP contribution in [-0.2, 0) is 4.79 Å². The molecule has 2 unspecified atom stereocenters. The van der Waals surface area contributed by atoms with Gasteiger partial charge in [0.05, 0.1) is 0 Å². The Hall–Kier alpha value is -2.06. The highest BCUT2D eigenvalue weighted by Gasteiger charge is 2.30. The van der Waals surface area contributed by atoms with Gasteiger partial charge in [-0.15, -0.1) is 11.3 Å². The molecular weight excluding hydrogens is 406 g/mol. The maximum atomic E-state index is 12.4. The Balaban J connectivity index is 1.54. The smallest absolute Gasteiger partial charge is 0.355 e. The number of hydrogen-bond acceptors (Lipinski definition) is 6. The molecule has 1 saturated heterocycles. The van der Waals surface area contributed by atoms with E-state index >= 15 is 0 Å². The molecule has 1 aliphatic heterocycles. The van der Waals surface area contributed by atoms with E-state index in [1.54, 1.807) is 5.38 Å². The van der Waals surface area contributed by atoms with Crippen LogP contribution in [0.25, 0.3) is 0 Å². The van der Waals surface area contributed by atoms with Crippen LogP contribution in [0.4, 0.5) is 5.69 Å². The van der Waals surface area contributed by atoms with Gasteiger partial charge in [-0.3, -0.25) is 4.79 Å². The zero-order chi connectivity index (χ0) is 20.8. The molecule has 156 valence electrons. The van der Waals surface area contributed by atoms with Crippen LogP contribution in [0.5, 0.6) is 0 Å². The maximum Gasteiger partial charge on any atom is 0.355 e. The van der Waals surface area contributed by atoms with Crippen LogP contribution < -0.4 is 5.32 Å². The van der Waals surface area contributed by atoms with E-state index in [4.69, 9.17) is 5.11 Å². The predicted molar refractivity (Wildman–Crippen MR) is 118 cm³/mol. The number of benzene rings is 1. The van der Waals surface area contributed by atoms with Crippen LogP contribution in [0.2, 0.25) is 0 Å². The number of thioether (sulfide) groups is 1. The highest BCUT2D eigenvalue weighted by molar-refractivity contribution is 8.01. The third kappa shape index (κ3) is 5.51. The molecule has 1 amide bonds. The molecule has 2 heterocycles. The van der Waals surface area contributed by atoms with Crippen LogP contribution >= 0.6 is 23.1 Å². The summed E-state index contributed by atoms with van der Waals surface area (Å²) < 4.78 is 0.728. The summed E-state index contributed by atoms with van der Waals surface area (Å²) in [6, 6.07) is 8.58. The topological polar surface area (TPSA) is 82.5 Å². The van der Waals surface area contributed by atoms with Gasteiger partial charge in [0.15, 0.2) is 10.0 Å². The first-order valence-corrected chi connectivity index (χ1v) is 11.8. The minimum absolute atomic E-state index is 0.0804. The second kappa shape index (κ2) is 10.1. The molecule has 2 N–H and O–H groups in total. The van der Waals surface area contributed by atoms with Gasteiger partial charge < -0.3 is 15.3 Å². The molecule has 2 atom stereocenters. The number of likely N-dealkylation sites (tertiary alicyclic amines) is 1. The molecule has 1 fully saturated rings. The third-order valence-electron chi connectivity index (χ3n) is 5.34. The molecule has 0 spiro atoms. The van der Waals surface area contributed by atoms with E-state index in [2.05, 4.69) is 42.3 Å². The summed E-state index contributed by atoms with van der Waals surface area (Å²) >= 11 is 2.83. The number of nitrogens with one attached hydrogen (secondary N) is 1. The number of carbonyl (C=O) groups excluding carboxylic acids is 1. The second-order valence-corrected chi connectivity index (χ2v) is 9.41. The SMILES string of the molecule is CCC(C)c1ccccc1NCC1CCC(=O)N1CCSc1nc(C(=O)O)cs1. The van der Waals surface area contributed by atoms with Gasteiger partial charge in [-0.05, 0) is 30.4 Å². The van der Waals surface area contributed by atoms with Crippen molar-refractivity contribution in [2.75, 3.05) is 24.2 Å². The first-order valence-electron chi connectivity index (χ1n) is 9.93. The fourth-order valence-corrected chi connectivity index (χ4v) is 5.31. The molecule has 1 aromatic heterocycles. The molecule has 0 radical (unpaired) electrons. The number of carbonyl (C=O) groups is 2. The normalized spacial score (nSPS) is 17.5. The molecule has 3 rings (SSSR count). The summed E-state index contributed by atoms with van der Waals surface area (Å²) in [5, 5.41) is 14.1. The van der Waals surface area contributed by atoms with Crippen LogP contribution in [0.1, 0.15) is 55.1 Å². The number of thiazole rings is 1. The largest absolute Gasteiger partial charge is 0.476 e. The number of hydrogen-bond donors (Lipinski definition) is 2. The Kier molecular flexibility index (Phi) is 7.55. The van der Waals surface area contributed by atoms with E-state index in [-0.39, 0.29) is 17.6 Å². The van der Waals surface area contributed by atoms with Gasteiger partial charge in [0.1, 0.15) is 0 Å². The number of aromatic carboxylic acids is 1. The quantitative estimate of drug-likeness (QED) is 0.535. The lowest BCUT2D eigenvalue weighted by Crippen LogP contribution is -2.39. The monoisotopic (exact) mass is 433 g/mol. The highest BCUT2D eigenvalue weighted by Crippen LogP contribution is 2.28. The highest BCUT2D eigenvalue weighted by atomic mass is 32.2. The molecule has 0 saturated carbocycles. The fourth-order valence-electron chi connectivity index (χ4n) is 3.50. The molecule has 0 bridgehead atoms. The van der Waals surface area contributed by atoms with Crippen molar-refractivity contribution >= 4 is 40.7 Å². The number of amides is 1. The van der Waals surface area contributed by atoms with Crippen LogP contribution in [0.3, 0.4) is 0 Å². The third-order valence-corrected chi connectivity index (χ3v) is 7.35. The van der Waals surface area contributed by atoms with Crippen LogP contribution in [0.15, 0.2) is 34.0 Å². The lowest BCUT2D eigenvalue weighted by molar-refractivity contribution is -0.128. The molecule has 1 aliphatic rings. The van der Waals surface area contributed by atoms with Gasteiger partial charge in [-0.1, -0.05) is 43.8 Å². The van der Waals surface area contributed by atoms with Gasteiger partial charge in [-0.25, -0.2) is 9.78 Å². The van der Waals surface area contributed by atoms with E-state index in [0.29, 0.717) is 24.6 Å². The molecular formula is C21H27N3O3S2. The maximum absolute atomic E-state index is 12.4. The Morgan fingerprint density at radius 3 is 2.97 bits per heavy atom. The van der Waals surface area contributed by atoms with Crippen molar-refractivity contribution in [3.63, 3.8) is 0 Å². The van der Waals surface area contributed by atoms with Crippen LogP contribution in [-0.4, -0.2) is 51.8 Å². The summed E-state index contributed by atoms with van der Waals surface area (Å²) in [6.07, 6.45) is 2.54. The number of rotatable bonds is 10. The summed E-state index contributed by atoms with van der Waals surface area (Å²) in [5.74, 6) is 0.383. The Morgan fingerprint density at radius 2 is 2.24 bits per heavy atom. The minimum Gasteiger partial charge on any atom is -0.476 e. The lowest BCUT2D eigenvalue weighted by atomic mass is 9.97. The average molecular weight is 434 g/mol. The first kappa shape index (κ1) is 21.6. The summed E-state index contributed by atoms with van der Waals surface area (Å²) in [4.78, 5) is 29.3. The van der Waals surface area contributed by atoms with Crippen LogP contribution in [0, 0.1) is 0 Å². The molecule has 1 aromatic carbocycles. The van der Waals surface area contributed by atoms with Crippen molar-refractivity contribution in [1.29, 1.82) is 0 Å². The molecule has 2 aromatic rings. The number of nitrogens with zero attached hydrogens (tertiary/aromatic N) is 2. The van der Waals surface area contributed by atoms with Crippen molar-refractivity contribution in [1.82, 2.24) is 9.88 Å². The standard InChI is InChI=1S/C21H27N3O3S2/c1-3-14(2)16-6-4-5-7-17(16)22-12-15-8-9-19(25)24(15)10-11-28-21-23-18(13-29-21)20(26)27/h4-7,13-15,22H,3,8-12H2,1-2H3,(H,26,27). The van der Waals surface area contributed by atoms with E-state index in [9.17, 15) is 9.59 Å². The molecule has 6 nitrogen and oxygen atoms in total. The molecule has 0 aliphatic carbocycles. The van der Waals surface area contributed by atoms with Gasteiger partial charge in [0.2, 0.25) is 5.91 Å². The summed E-state index contributed by atoms with van der Waals surface area (Å²) in [5.41, 5.74) is 2.55. The second-order valence-electron chi connectivity index (χ2n) is 7.21. The summed E-state index contributed by atoms with van der Waals surface area (Å²) in [7, 11) is 0. The van der Waals surface area contributed by atoms with Crippen molar-refractivity contribution in [3.8, 4) is 0 Å².